The smallest absolute Gasteiger partial charge is 0.316 e. The van der Waals surface area contributed by atoms with Gasteiger partial charge in [-0.3, -0.25) is 14.4 Å². The van der Waals surface area contributed by atoms with Crippen molar-refractivity contribution in [1.82, 2.24) is 5.32 Å². The largest absolute Gasteiger partial charge is 0.466 e. The van der Waals surface area contributed by atoms with Gasteiger partial charge in [-0.25, -0.2) is 0 Å². The molecule has 0 unspecified atom stereocenters. The summed E-state index contributed by atoms with van der Waals surface area (Å²) in [6.07, 6.45) is 1.21. The summed E-state index contributed by atoms with van der Waals surface area (Å²) >= 11 is 0. The Morgan fingerprint density at radius 1 is 1.30 bits per heavy atom. The van der Waals surface area contributed by atoms with Crippen LogP contribution in [-0.2, 0) is 28.6 Å². The Morgan fingerprint density at radius 2 is 1.87 bits per heavy atom. The second kappa shape index (κ2) is 7.63. The van der Waals surface area contributed by atoms with E-state index in [9.17, 15) is 14.4 Å². The molecule has 1 amide bonds. The summed E-state index contributed by atoms with van der Waals surface area (Å²) in [4.78, 5) is 36.0. The molecule has 8 heteroatoms. The van der Waals surface area contributed by atoms with Crippen LogP contribution < -0.4 is 5.32 Å². The van der Waals surface area contributed by atoms with Gasteiger partial charge in [-0.1, -0.05) is 0 Å². The minimum atomic E-state index is -1.60. The molecule has 0 aromatic heterocycles. The van der Waals surface area contributed by atoms with E-state index in [4.69, 9.17) is 19.5 Å². The van der Waals surface area contributed by atoms with E-state index in [1.807, 2.05) is 0 Å². The molecule has 0 aromatic rings. The maximum atomic E-state index is 12.3. The topological polar surface area (TPSA) is 115 Å². The molecule has 0 fully saturated rings. The summed E-state index contributed by atoms with van der Waals surface area (Å²) in [7, 11) is 0. The molecule has 1 aliphatic rings. The van der Waals surface area contributed by atoms with E-state index >= 15 is 0 Å². The van der Waals surface area contributed by atoms with Crippen LogP contribution in [0.3, 0.4) is 0 Å². The van der Waals surface area contributed by atoms with Gasteiger partial charge in [0.05, 0.1) is 19.1 Å². The molecule has 1 heterocycles. The highest BCUT2D eigenvalue weighted by atomic mass is 16.6. The number of esters is 2. The number of hydrogen-bond acceptors (Lipinski definition) is 7. The molecule has 8 nitrogen and oxygen atoms in total. The quantitative estimate of drug-likeness (QED) is 0.738. The van der Waals surface area contributed by atoms with E-state index in [-0.39, 0.29) is 19.0 Å². The Morgan fingerprint density at radius 3 is 2.35 bits per heavy atom. The molecule has 3 atom stereocenters. The molecule has 1 N–H and O–H groups in total. The summed E-state index contributed by atoms with van der Waals surface area (Å²) in [5.74, 6) is -4.37. The highest BCUT2D eigenvalue weighted by Gasteiger charge is 2.53. The van der Waals surface area contributed by atoms with Gasteiger partial charge < -0.3 is 19.5 Å². The third-order valence-electron chi connectivity index (χ3n) is 3.24. The van der Waals surface area contributed by atoms with E-state index in [1.165, 1.54) is 19.9 Å². The zero-order valence-corrected chi connectivity index (χ0v) is 13.5. The van der Waals surface area contributed by atoms with Crippen LogP contribution >= 0.6 is 0 Å². The molecule has 0 spiro atoms. The summed E-state index contributed by atoms with van der Waals surface area (Å²) < 4.78 is 15.4. The molecule has 0 bridgehead atoms. The first-order valence-corrected chi connectivity index (χ1v) is 7.22. The lowest BCUT2D eigenvalue weighted by Crippen LogP contribution is -2.60. The summed E-state index contributed by atoms with van der Waals surface area (Å²) in [6.45, 7) is 6.09. The zero-order chi connectivity index (χ0) is 17.6. The van der Waals surface area contributed by atoms with Crippen LogP contribution in [0.25, 0.3) is 0 Å². The van der Waals surface area contributed by atoms with Gasteiger partial charge in [0.25, 0.3) is 0 Å². The lowest BCUT2D eigenvalue weighted by molar-refractivity contribution is -0.178. The number of rotatable bonds is 5. The predicted molar refractivity (Wildman–Crippen MR) is 77.2 cm³/mol. The maximum absolute atomic E-state index is 12.3. The number of nitrogens with one attached hydrogen (secondary N) is 1. The molecule has 1 aliphatic heterocycles. The van der Waals surface area contributed by atoms with Gasteiger partial charge in [-0.2, -0.15) is 5.26 Å². The molecular weight excluding hydrogens is 304 g/mol. The van der Waals surface area contributed by atoms with Gasteiger partial charge in [0, 0.05) is 6.92 Å². The van der Waals surface area contributed by atoms with E-state index in [2.05, 4.69) is 5.32 Å². The molecule has 0 radical (unpaired) electrons. The highest BCUT2D eigenvalue weighted by molar-refractivity contribution is 5.86. The van der Waals surface area contributed by atoms with Crippen molar-refractivity contribution in [2.45, 2.75) is 33.4 Å². The van der Waals surface area contributed by atoms with Gasteiger partial charge in [0.1, 0.15) is 12.0 Å². The first-order valence-electron chi connectivity index (χ1n) is 7.22. The summed E-state index contributed by atoms with van der Waals surface area (Å²) in [5.41, 5.74) is -1.60. The van der Waals surface area contributed by atoms with Crippen molar-refractivity contribution in [2.24, 2.45) is 11.8 Å². The van der Waals surface area contributed by atoms with Gasteiger partial charge in [-0.15, -0.1) is 0 Å². The van der Waals surface area contributed by atoms with Crippen molar-refractivity contribution in [3.8, 4) is 6.07 Å². The summed E-state index contributed by atoms with van der Waals surface area (Å²) in [5, 5.41) is 11.6. The number of amides is 1. The number of ether oxygens (including phenoxy) is 3. The van der Waals surface area contributed by atoms with Crippen molar-refractivity contribution in [1.29, 1.82) is 5.26 Å². The standard InChI is InChI=1S/C15H20N2O6/c1-5-21-13(19)11-7-10(8-16)23-15(4,17-9(3)18)12(11)14(20)22-6-2/h7,11-12H,5-6H2,1-4H3,(H,17,18)/t11-,12-,15+/m1/s1. The van der Waals surface area contributed by atoms with Crippen molar-refractivity contribution in [3.05, 3.63) is 11.8 Å². The Bertz CT molecular complexity index is 565. The van der Waals surface area contributed by atoms with Crippen LogP contribution in [0.15, 0.2) is 11.8 Å². The Balaban J connectivity index is 3.36. The fraction of sp³-hybridized carbons (Fsp3) is 0.600. The number of hydrogen-bond donors (Lipinski definition) is 1. The first kappa shape index (κ1) is 18.5. The molecule has 0 aliphatic carbocycles. The van der Waals surface area contributed by atoms with E-state index in [0.717, 1.165) is 0 Å². The van der Waals surface area contributed by atoms with Crippen LogP contribution in [0.1, 0.15) is 27.7 Å². The molecule has 0 saturated carbocycles. The monoisotopic (exact) mass is 324 g/mol. The molecular formula is C15H20N2O6. The van der Waals surface area contributed by atoms with E-state index < -0.39 is 35.4 Å². The van der Waals surface area contributed by atoms with Crippen LogP contribution in [0.4, 0.5) is 0 Å². The van der Waals surface area contributed by atoms with Crippen LogP contribution in [-0.4, -0.2) is 36.8 Å². The van der Waals surface area contributed by atoms with Crippen LogP contribution in [0.5, 0.6) is 0 Å². The van der Waals surface area contributed by atoms with Crippen LogP contribution in [0.2, 0.25) is 0 Å². The Labute approximate surface area is 134 Å². The third-order valence-corrected chi connectivity index (χ3v) is 3.24. The minimum Gasteiger partial charge on any atom is -0.466 e. The average Bonchev–Trinajstić information content (AvgIpc) is 2.45. The van der Waals surface area contributed by atoms with Crippen molar-refractivity contribution < 1.29 is 28.6 Å². The molecule has 0 saturated heterocycles. The fourth-order valence-electron chi connectivity index (χ4n) is 2.49. The third kappa shape index (κ3) is 4.22. The molecule has 126 valence electrons. The Kier molecular flexibility index (Phi) is 6.13. The van der Waals surface area contributed by atoms with E-state index in [0.29, 0.717) is 0 Å². The SMILES string of the molecule is CCOC(=O)[C@@H]1C=C(C#N)O[C@](C)(NC(C)=O)[C@H]1C(=O)OCC. The normalized spacial score (nSPS) is 26.1. The van der Waals surface area contributed by atoms with Gasteiger partial charge in [-0.05, 0) is 26.8 Å². The van der Waals surface area contributed by atoms with Gasteiger partial charge >= 0.3 is 11.9 Å². The fourth-order valence-corrected chi connectivity index (χ4v) is 2.49. The molecule has 0 aromatic carbocycles. The zero-order valence-electron chi connectivity index (χ0n) is 13.5. The number of carbonyl (C=O) groups excluding carboxylic acids is 3. The number of nitrogens with zero attached hydrogens (tertiary/aromatic N) is 1. The highest BCUT2D eigenvalue weighted by Crippen LogP contribution is 2.36. The average molecular weight is 324 g/mol. The van der Waals surface area contributed by atoms with Crippen molar-refractivity contribution >= 4 is 17.8 Å². The maximum Gasteiger partial charge on any atom is 0.316 e. The molecule has 23 heavy (non-hydrogen) atoms. The molecule has 1 rings (SSSR count). The lowest BCUT2D eigenvalue weighted by Gasteiger charge is -2.41. The summed E-state index contributed by atoms with van der Waals surface area (Å²) in [6, 6.07) is 1.78. The predicted octanol–water partition coefficient (Wildman–Crippen LogP) is 0.635. The van der Waals surface area contributed by atoms with E-state index in [1.54, 1.807) is 19.9 Å². The second-order valence-corrected chi connectivity index (χ2v) is 5.04. The number of carbonyl (C=O) groups is 3. The number of nitriles is 1. The number of allylic oxidation sites excluding steroid dienone is 1. The van der Waals surface area contributed by atoms with Crippen LogP contribution in [0, 0.1) is 23.2 Å². The van der Waals surface area contributed by atoms with Crippen molar-refractivity contribution in [3.63, 3.8) is 0 Å². The van der Waals surface area contributed by atoms with Gasteiger partial charge in [0.2, 0.25) is 5.91 Å². The second-order valence-electron chi connectivity index (χ2n) is 5.04. The van der Waals surface area contributed by atoms with Gasteiger partial charge in [0.15, 0.2) is 11.5 Å². The lowest BCUT2D eigenvalue weighted by atomic mass is 9.81. The minimum absolute atomic E-state index is 0.0931. The first-order chi connectivity index (χ1) is 10.8. The Hall–Kier alpha value is -2.56. The van der Waals surface area contributed by atoms with Crippen molar-refractivity contribution in [2.75, 3.05) is 13.2 Å².